The molecule has 1 aliphatic rings. The summed E-state index contributed by atoms with van der Waals surface area (Å²) < 4.78 is 5.58. The molecule has 0 spiro atoms. The minimum Gasteiger partial charge on any atom is -0.377 e. The Morgan fingerprint density at radius 3 is 2.36 bits per heavy atom. The second-order valence-corrected chi connectivity index (χ2v) is 4.80. The Bertz CT molecular complexity index is 160. The van der Waals surface area contributed by atoms with E-state index >= 15 is 0 Å². The van der Waals surface area contributed by atoms with Gasteiger partial charge in [-0.25, -0.2) is 0 Å². The Hall–Kier alpha value is -0.0800. The molecule has 2 heteroatoms. The zero-order valence-corrected chi connectivity index (χ0v) is 10.1. The molecule has 1 saturated carbocycles. The van der Waals surface area contributed by atoms with Crippen molar-refractivity contribution in [3.8, 4) is 0 Å². The quantitative estimate of drug-likeness (QED) is 0.710. The molecule has 0 heterocycles. The minimum absolute atomic E-state index is 0.168. The van der Waals surface area contributed by atoms with Crippen LogP contribution in [0.25, 0.3) is 0 Å². The maximum absolute atomic E-state index is 5.58. The minimum atomic E-state index is 0.168. The zero-order chi connectivity index (χ0) is 10.6. The van der Waals surface area contributed by atoms with Crippen LogP contribution >= 0.6 is 0 Å². The lowest BCUT2D eigenvalue weighted by atomic mass is 9.79. The van der Waals surface area contributed by atoms with Crippen molar-refractivity contribution in [3.63, 3.8) is 0 Å². The fourth-order valence-corrected chi connectivity index (χ4v) is 1.93. The van der Waals surface area contributed by atoms with E-state index < -0.39 is 0 Å². The second-order valence-electron chi connectivity index (χ2n) is 4.80. The van der Waals surface area contributed by atoms with Crippen molar-refractivity contribution in [2.24, 2.45) is 5.92 Å². The third kappa shape index (κ3) is 2.71. The predicted octanol–water partition coefficient (Wildman–Crippen LogP) is 2.58. The first-order valence-electron chi connectivity index (χ1n) is 5.92. The Morgan fingerprint density at radius 1 is 1.36 bits per heavy atom. The second kappa shape index (κ2) is 5.13. The third-order valence-corrected chi connectivity index (χ3v) is 3.94. The standard InChI is InChI=1S/C12H25NO/c1-5-10(2)11(3)13-9-12(14-4)7-6-8-12/h10-11,13H,5-9H2,1-4H3. The van der Waals surface area contributed by atoms with Crippen LogP contribution in [0.1, 0.15) is 46.5 Å². The molecule has 0 aromatic carbocycles. The highest BCUT2D eigenvalue weighted by molar-refractivity contribution is 4.92. The van der Waals surface area contributed by atoms with Gasteiger partial charge in [-0.2, -0.15) is 0 Å². The molecule has 2 nitrogen and oxygen atoms in total. The molecule has 1 rings (SSSR count). The molecule has 0 radical (unpaired) electrons. The van der Waals surface area contributed by atoms with E-state index in [2.05, 4.69) is 26.1 Å². The first-order valence-corrected chi connectivity index (χ1v) is 5.92. The molecule has 1 fully saturated rings. The maximum atomic E-state index is 5.58. The zero-order valence-electron chi connectivity index (χ0n) is 10.1. The lowest BCUT2D eigenvalue weighted by Crippen LogP contribution is -2.50. The van der Waals surface area contributed by atoms with Crippen LogP contribution in [0.2, 0.25) is 0 Å². The van der Waals surface area contributed by atoms with E-state index in [-0.39, 0.29) is 5.60 Å². The van der Waals surface area contributed by atoms with Crippen LogP contribution in [0.5, 0.6) is 0 Å². The van der Waals surface area contributed by atoms with Crippen LogP contribution in [0.15, 0.2) is 0 Å². The van der Waals surface area contributed by atoms with Gasteiger partial charge >= 0.3 is 0 Å². The lowest BCUT2D eigenvalue weighted by Gasteiger charge is -2.41. The van der Waals surface area contributed by atoms with Crippen molar-refractivity contribution < 1.29 is 4.74 Å². The van der Waals surface area contributed by atoms with Crippen molar-refractivity contribution >= 4 is 0 Å². The largest absolute Gasteiger partial charge is 0.377 e. The van der Waals surface area contributed by atoms with Crippen molar-refractivity contribution in [1.82, 2.24) is 5.32 Å². The van der Waals surface area contributed by atoms with Crippen molar-refractivity contribution in [2.75, 3.05) is 13.7 Å². The van der Waals surface area contributed by atoms with E-state index in [0.717, 1.165) is 12.5 Å². The molecule has 2 unspecified atom stereocenters. The first-order chi connectivity index (χ1) is 6.63. The van der Waals surface area contributed by atoms with E-state index in [1.54, 1.807) is 0 Å². The highest BCUT2D eigenvalue weighted by Gasteiger charge is 2.36. The number of hydrogen-bond donors (Lipinski definition) is 1. The summed E-state index contributed by atoms with van der Waals surface area (Å²) in [6.07, 6.45) is 5.02. The van der Waals surface area contributed by atoms with Gasteiger partial charge in [0, 0.05) is 19.7 Å². The van der Waals surface area contributed by atoms with Gasteiger partial charge in [0.2, 0.25) is 0 Å². The molecule has 84 valence electrons. The molecule has 1 N–H and O–H groups in total. The number of nitrogens with one attached hydrogen (secondary N) is 1. The van der Waals surface area contributed by atoms with E-state index in [1.165, 1.54) is 25.7 Å². The van der Waals surface area contributed by atoms with Gasteiger partial charge in [0.25, 0.3) is 0 Å². The van der Waals surface area contributed by atoms with Crippen molar-refractivity contribution in [3.05, 3.63) is 0 Å². The summed E-state index contributed by atoms with van der Waals surface area (Å²) in [4.78, 5) is 0. The number of ether oxygens (including phenoxy) is 1. The molecule has 0 aromatic rings. The first kappa shape index (κ1) is 12.0. The summed E-state index contributed by atoms with van der Waals surface area (Å²) in [5.41, 5.74) is 0.168. The predicted molar refractivity (Wildman–Crippen MR) is 60.5 cm³/mol. The molecule has 1 aliphatic carbocycles. The van der Waals surface area contributed by atoms with Gasteiger partial charge in [0.15, 0.2) is 0 Å². The molecular weight excluding hydrogens is 174 g/mol. The molecule has 14 heavy (non-hydrogen) atoms. The average Bonchev–Trinajstić information content (AvgIpc) is 2.15. The fourth-order valence-electron chi connectivity index (χ4n) is 1.93. The lowest BCUT2D eigenvalue weighted by molar-refractivity contribution is -0.0713. The van der Waals surface area contributed by atoms with Gasteiger partial charge in [-0.15, -0.1) is 0 Å². The van der Waals surface area contributed by atoms with Crippen LogP contribution in [0, 0.1) is 5.92 Å². The number of rotatable bonds is 6. The van der Waals surface area contributed by atoms with Gasteiger partial charge < -0.3 is 10.1 Å². The van der Waals surface area contributed by atoms with Crippen molar-refractivity contribution in [1.29, 1.82) is 0 Å². The smallest absolute Gasteiger partial charge is 0.0802 e. The SMILES string of the molecule is CCC(C)C(C)NCC1(OC)CCC1. The molecule has 0 aromatic heterocycles. The van der Waals surface area contributed by atoms with E-state index in [9.17, 15) is 0 Å². The van der Waals surface area contributed by atoms with Crippen LogP contribution in [-0.2, 0) is 4.74 Å². The summed E-state index contributed by atoms with van der Waals surface area (Å²) in [6.45, 7) is 7.85. The Labute approximate surface area is 88.4 Å². The summed E-state index contributed by atoms with van der Waals surface area (Å²) in [7, 11) is 1.84. The normalized spacial score (nSPS) is 24.0. The highest BCUT2D eigenvalue weighted by atomic mass is 16.5. The number of methoxy groups -OCH3 is 1. The van der Waals surface area contributed by atoms with Crippen LogP contribution in [-0.4, -0.2) is 25.3 Å². The fraction of sp³-hybridized carbons (Fsp3) is 1.00. The summed E-state index contributed by atoms with van der Waals surface area (Å²) >= 11 is 0. The molecule has 0 amide bonds. The Balaban J connectivity index is 2.25. The molecule has 0 saturated heterocycles. The third-order valence-electron chi connectivity index (χ3n) is 3.94. The molecule has 0 aliphatic heterocycles. The maximum Gasteiger partial charge on any atom is 0.0802 e. The Kier molecular flexibility index (Phi) is 4.39. The van der Waals surface area contributed by atoms with E-state index in [1.807, 2.05) is 7.11 Å². The van der Waals surface area contributed by atoms with Gasteiger partial charge in [0.1, 0.15) is 0 Å². The molecular formula is C12H25NO. The number of hydrogen-bond acceptors (Lipinski definition) is 2. The summed E-state index contributed by atoms with van der Waals surface area (Å²) in [5, 5.41) is 3.60. The van der Waals surface area contributed by atoms with Crippen LogP contribution in [0.3, 0.4) is 0 Å². The van der Waals surface area contributed by atoms with Gasteiger partial charge in [-0.3, -0.25) is 0 Å². The monoisotopic (exact) mass is 199 g/mol. The van der Waals surface area contributed by atoms with Crippen molar-refractivity contribution in [2.45, 2.75) is 58.1 Å². The summed E-state index contributed by atoms with van der Waals surface area (Å²) in [6, 6.07) is 0.604. The van der Waals surface area contributed by atoms with Gasteiger partial charge in [0.05, 0.1) is 5.60 Å². The van der Waals surface area contributed by atoms with E-state index in [0.29, 0.717) is 6.04 Å². The van der Waals surface area contributed by atoms with Gasteiger partial charge in [-0.05, 0) is 32.1 Å². The highest BCUT2D eigenvalue weighted by Crippen LogP contribution is 2.34. The molecule has 0 bridgehead atoms. The Morgan fingerprint density at radius 2 is 2.00 bits per heavy atom. The topological polar surface area (TPSA) is 21.3 Å². The average molecular weight is 199 g/mol. The van der Waals surface area contributed by atoms with Crippen LogP contribution in [0.4, 0.5) is 0 Å². The van der Waals surface area contributed by atoms with E-state index in [4.69, 9.17) is 4.74 Å². The molecule has 2 atom stereocenters. The summed E-state index contributed by atoms with van der Waals surface area (Å²) in [5.74, 6) is 0.754. The van der Waals surface area contributed by atoms with Crippen LogP contribution < -0.4 is 5.32 Å². The van der Waals surface area contributed by atoms with Gasteiger partial charge in [-0.1, -0.05) is 20.3 Å².